The van der Waals surface area contributed by atoms with E-state index in [2.05, 4.69) is 39.2 Å². The molecule has 0 unspecified atom stereocenters. The lowest BCUT2D eigenvalue weighted by Crippen LogP contribution is -2.21. The normalized spacial score (nSPS) is 39.4. The molecule has 0 amide bonds. The number of hydrogen-bond donors (Lipinski definition) is 0. The Labute approximate surface area is 65.3 Å². The molecule has 10 heavy (non-hydrogen) atoms. The average molecular weight is 154 g/mol. The highest BCUT2D eigenvalue weighted by atomic mass is 28.3. The molecular formula is C9H18Si. The monoisotopic (exact) mass is 154 g/mol. The minimum absolute atomic E-state index is 0.842. The highest BCUT2D eigenvalue weighted by Crippen LogP contribution is 2.57. The topological polar surface area (TPSA) is 0 Å². The van der Waals surface area contributed by atoms with Crippen molar-refractivity contribution in [2.24, 2.45) is 11.8 Å². The van der Waals surface area contributed by atoms with Crippen molar-refractivity contribution in [2.45, 2.75) is 32.1 Å². The lowest BCUT2D eigenvalue weighted by molar-refractivity contribution is 0.899. The van der Waals surface area contributed by atoms with E-state index in [9.17, 15) is 0 Å². The van der Waals surface area contributed by atoms with E-state index in [1.165, 1.54) is 0 Å². The van der Waals surface area contributed by atoms with Crippen LogP contribution in [-0.4, -0.2) is 8.07 Å². The molecule has 1 heteroatoms. The van der Waals surface area contributed by atoms with Crippen LogP contribution < -0.4 is 0 Å². The van der Waals surface area contributed by atoms with Crippen molar-refractivity contribution in [3.63, 3.8) is 0 Å². The Kier molecular flexibility index (Phi) is 1.79. The fourth-order valence-corrected chi connectivity index (χ4v) is 5.50. The van der Waals surface area contributed by atoms with Gasteiger partial charge < -0.3 is 0 Å². The van der Waals surface area contributed by atoms with Crippen molar-refractivity contribution in [1.29, 1.82) is 0 Å². The first-order valence-electron chi connectivity index (χ1n) is 4.11. The zero-order valence-electron chi connectivity index (χ0n) is 7.52. The van der Waals surface area contributed by atoms with Crippen molar-refractivity contribution in [3.05, 3.63) is 12.7 Å². The molecule has 0 aromatic carbocycles. The molecule has 0 bridgehead atoms. The van der Waals surface area contributed by atoms with Gasteiger partial charge in [0.1, 0.15) is 0 Å². The van der Waals surface area contributed by atoms with Crippen LogP contribution in [-0.2, 0) is 0 Å². The van der Waals surface area contributed by atoms with Gasteiger partial charge in [0.25, 0.3) is 0 Å². The Hall–Kier alpha value is -0.0431. The molecular weight excluding hydrogens is 136 g/mol. The van der Waals surface area contributed by atoms with Crippen LogP contribution in [0.25, 0.3) is 0 Å². The van der Waals surface area contributed by atoms with Gasteiger partial charge in [0.05, 0.1) is 0 Å². The Bertz CT molecular complexity index is 143. The maximum absolute atomic E-state index is 3.86. The standard InChI is InChI=1S/C9H18Si/c1-6-8-7(2)9(8)10(3,4)5/h6-9H,1H2,2-5H3/t7-,8-,9-/m1/s1. The molecule has 1 aliphatic rings. The van der Waals surface area contributed by atoms with Crippen molar-refractivity contribution in [3.8, 4) is 0 Å². The van der Waals surface area contributed by atoms with Gasteiger partial charge in [-0.15, -0.1) is 6.58 Å². The largest absolute Gasteiger partial charge is 0.103 e. The van der Waals surface area contributed by atoms with Crippen LogP contribution in [0.1, 0.15) is 6.92 Å². The first-order chi connectivity index (χ1) is 4.48. The van der Waals surface area contributed by atoms with Gasteiger partial charge in [-0.1, -0.05) is 32.6 Å². The Morgan fingerprint density at radius 1 is 1.30 bits per heavy atom. The van der Waals surface area contributed by atoms with Gasteiger partial charge in [0, 0.05) is 8.07 Å². The van der Waals surface area contributed by atoms with E-state index < -0.39 is 8.07 Å². The summed E-state index contributed by atoms with van der Waals surface area (Å²) in [7, 11) is -0.842. The molecule has 3 atom stereocenters. The third-order valence-corrected chi connectivity index (χ3v) is 5.63. The van der Waals surface area contributed by atoms with E-state index in [0.717, 1.165) is 17.4 Å². The number of rotatable bonds is 2. The van der Waals surface area contributed by atoms with Crippen LogP contribution in [0.5, 0.6) is 0 Å². The Morgan fingerprint density at radius 3 is 1.90 bits per heavy atom. The summed E-state index contributed by atoms with van der Waals surface area (Å²) >= 11 is 0. The number of allylic oxidation sites excluding steroid dienone is 1. The minimum Gasteiger partial charge on any atom is -0.103 e. The van der Waals surface area contributed by atoms with Crippen molar-refractivity contribution >= 4 is 8.07 Å². The lowest BCUT2D eigenvalue weighted by atomic mass is 10.3. The van der Waals surface area contributed by atoms with Crippen LogP contribution in [0.4, 0.5) is 0 Å². The Balaban J connectivity index is 2.56. The maximum Gasteiger partial charge on any atom is 0.0482 e. The minimum atomic E-state index is -0.842. The zero-order chi connectivity index (χ0) is 7.94. The van der Waals surface area contributed by atoms with Gasteiger partial charge >= 0.3 is 0 Å². The maximum atomic E-state index is 3.86. The van der Waals surface area contributed by atoms with E-state index in [0.29, 0.717) is 0 Å². The molecule has 0 aromatic heterocycles. The molecule has 58 valence electrons. The van der Waals surface area contributed by atoms with E-state index in [-0.39, 0.29) is 0 Å². The molecule has 0 N–H and O–H groups in total. The van der Waals surface area contributed by atoms with Gasteiger partial charge in [0.2, 0.25) is 0 Å². The predicted molar refractivity (Wildman–Crippen MR) is 49.9 cm³/mol. The van der Waals surface area contributed by atoms with Crippen LogP contribution in [0.3, 0.4) is 0 Å². The first-order valence-corrected chi connectivity index (χ1v) is 7.68. The fraction of sp³-hybridized carbons (Fsp3) is 0.778. The third kappa shape index (κ3) is 1.19. The predicted octanol–water partition coefficient (Wildman–Crippen LogP) is 3.15. The molecule has 1 rings (SSSR count). The summed E-state index contributed by atoms with van der Waals surface area (Å²) in [6, 6.07) is 0. The second-order valence-electron chi connectivity index (χ2n) is 4.56. The van der Waals surface area contributed by atoms with Gasteiger partial charge in [-0.2, -0.15) is 0 Å². The van der Waals surface area contributed by atoms with Crippen LogP contribution in [0.15, 0.2) is 12.7 Å². The highest BCUT2D eigenvalue weighted by Gasteiger charge is 2.51. The summed E-state index contributed by atoms with van der Waals surface area (Å²) in [5.74, 6) is 1.79. The molecule has 0 nitrogen and oxygen atoms in total. The smallest absolute Gasteiger partial charge is 0.0482 e. The van der Waals surface area contributed by atoms with E-state index >= 15 is 0 Å². The van der Waals surface area contributed by atoms with E-state index in [4.69, 9.17) is 0 Å². The molecule has 0 saturated heterocycles. The molecule has 1 fully saturated rings. The van der Waals surface area contributed by atoms with Crippen LogP contribution >= 0.6 is 0 Å². The summed E-state index contributed by atoms with van der Waals surface area (Å²) in [5, 5.41) is 0. The first kappa shape index (κ1) is 8.06. The van der Waals surface area contributed by atoms with Gasteiger partial charge in [-0.05, 0) is 17.4 Å². The molecule has 1 saturated carbocycles. The molecule has 0 aromatic rings. The summed E-state index contributed by atoms with van der Waals surface area (Å²) in [4.78, 5) is 0. The van der Waals surface area contributed by atoms with Gasteiger partial charge in [0.15, 0.2) is 0 Å². The van der Waals surface area contributed by atoms with Crippen molar-refractivity contribution in [2.75, 3.05) is 0 Å². The van der Waals surface area contributed by atoms with Crippen molar-refractivity contribution in [1.82, 2.24) is 0 Å². The summed E-state index contributed by atoms with van der Waals surface area (Å²) in [6.07, 6.45) is 2.15. The van der Waals surface area contributed by atoms with E-state index in [1.54, 1.807) is 0 Å². The SMILES string of the molecule is C=C[C@@H]1[C@@H](C)[C@H]1[Si](C)(C)C. The summed E-state index contributed by atoms with van der Waals surface area (Å²) in [6.45, 7) is 13.6. The highest BCUT2D eigenvalue weighted by molar-refractivity contribution is 6.78. The van der Waals surface area contributed by atoms with Gasteiger partial charge in [-0.25, -0.2) is 0 Å². The molecule has 0 spiro atoms. The third-order valence-electron chi connectivity index (χ3n) is 2.72. The van der Waals surface area contributed by atoms with Crippen LogP contribution in [0, 0.1) is 11.8 Å². The summed E-state index contributed by atoms with van der Waals surface area (Å²) in [5.41, 5.74) is 1.02. The molecule has 0 heterocycles. The fourth-order valence-electron chi connectivity index (χ4n) is 2.22. The molecule has 1 aliphatic carbocycles. The van der Waals surface area contributed by atoms with Crippen LogP contribution in [0.2, 0.25) is 25.2 Å². The average Bonchev–Trinajstić information content (AvgIpc) is 2.39. The quantitative estimate of drug-likeness (QED) is 0.423. The second-order valence-corrected chi connectivity index (χ2v) is 9.96. The number of hydrogen-bond acceptors (Lipinski definition) is 0. The van der Waals surface area contributed by atoms with Gasteiger partial charge in [-0.3, -0.25) is 0 Å². The summed E-state index contributed by atoms with van der Waals surface area (Å²) < 4.78 is 0. The van der Waals surface area contributed by atoms with E-state index in [1.807, 2.05) is 0 Å². The molecule has 0 radical (unpaired) electrons. The Morgan fingerprint density at radius 2 is 1.80 bits per heavy atom. The molecule has 0 aliphatic heterocycles. The second kappa shape index (κ2) is 2.23. The van der Waals surface area contributed by atoms with Crippen molar-refractivity contribution < 1.29 is 0 Å². The zero-order valence-corrected chi connectivity index (χ0v) is 8.52. The lowest BCUT2D eigenvalue weighted by Gasteiger charge is -2.14.